The molecule has 0 aromatic heterocycles. The van der Waals surface area contributed by atoms with Crippen LogP contribution < -0.4 is 15.8 Å². The summed E-state index contributed by atoms with van der Waals surface area (Å²) in [6.07, 6.45) is 2.32. The van der Waals surface area contributed by atoms with Gasteiger partial charge in [0.25, 0.3) is 5.91 Å². The van der Waals surface area contributed by atoms with Crippen LogP contribution in [0.25, 0.3) is 0 Å². The maximum absolute atomic E-state index is 12.1. The molecule has 1 aromatic carbocycles. The second-order valence-corrected chi connectivity index (χ2v) is 4.91. The molecule has 0 radical (unpaired) electrons. The Bertz CT molecular complexity index is 462. The van der Waals surface area contributed by atoms with E-state index in [1.54, 1.807) is 25.3 Å². The van der Waals surface area contributed by atoms with Crippen molar-refractivity contribution in [2.45, 2.75) is 18.9 Å². The first-order valence-corrected chi connectivity index (χ1v) is 6.54. The standard InChI is InChI=1S/C14H21N3O2/c1-17-8-4-5-10(17)9-16-14(18)11-6-3-7-12(19-2)13(11)15/h3,6-7,10H,4-5,8-9,15H2,1-2H3,(H,16,18). The minimum absolute atomic E-state index is 0.142. The van der Waals surface area contributed by atoms with E-state index in [4.69, 9.17) is 10.5 Å². The molecule has 0 saturated carbocycles. The molecule has 1 aromatic rings. The van der Waals surface area contributed by atoms with Crippen molar-refractivity contribution in [1.29, 1.82) is 0 Å². The molecule has 5 nitrogen and oxygen atoms in total. The van der Waals surface area contributed by atoms with Gasteiger partial charge >= 0.3 is 0 Å². The quantitative estimate of drug-likeness (QED) is 0.798. The summed E-state index contributed by atoms with van der Waals surface area (Å²) < 4.78 is 5.12. The van der Waals surface area contributed by atoms with E-state index in [2.05, 4.69) is 17.3 Å². The molecule has 0 spiro atoms. The van der Waals surface area contributed by atoms with Gasteiger partial charge in [0, 0.05) is 12.6 Å². The van der Waals surface area contributed by atoms with Crippen LogP contribution in [0.4, 0.5) is 5.69 Å². The fourth-order valence-electron chi connectivity index (χ4n) is 2.46. The van der Waals surface area contributed by atoms with Crippen molar-refractivity contribution in [1.82, 2.24) is 10.2 Å². The Morgan fingerprint density at radius 2 is 2.37 bits per heavy atom. The zero-order valence-electron chi connectivity index (χ0n) is 11.5. The number of hydrogen-bond acceptors (Lipinski definition) is 4. The number of anilines is 1. The van der Waals surface area contributed by atoms with Crippen LogP contribution in [0.2, 0.25) is 0 Å². The molecule has 1 saturated heterocycles. The second kappa shape index (κ2) is 5.93. The van der Waals surface area contributed by atoms with Crippen molar-refractivity contribution < 1.29 is 9.53 Å². The van der Waals surface area contributed by atoms with Crippen LogP contribution in [0.5, 0.6) is 5.75 Å². The van der Waals surface area contributed by atoms with Crippen LogP contribution in [0, 0.1) is 0 Å². The van der Waals surface area contributed by atoms with Gasteiger partial charge in [0.1, 0.15) is 5.75 Å². The second-order valence-electron chi connectivity index (χ2n) is 4.91. The highest BCUT2D eigenvalue weighted by atomic mass is 16.5. The molecule has 1 unspecified atom stereocenters. The highest BCUT2D eigenvalue weighted by molar-refractivity contribution is 6.00. The van der Waals surface area contributed by atoms with Crippen molar-refractivity contribution in [3.05, 3.63) is 23.8 Å². The minimum Gasteiger partial charge on any atom is -0.495 e. The molecule has 1 aliphatic rings. The summed E-state index contributed by atoms with van der Waals surface area (Å²) in [5.74, 6) is 0.391. The largest absolute Gasteiger partial charge is 0.495 e. The molecule has 1 atom stereocenters. The molecule has 1 amide bonds. The van der Waals surface area contributed by atoms with Gasteiger partial charge in [-0.3, -0.25) is 4.79 Å². The van der Waals surface area contributed by atoms with Gasteiger partial charge in [0.05, 0.1) is 18.4 Å². The molecule has 1 heterocycles. The summed E-state index contributed by atoms with van der Waals surface area (Å²) in [7, 11) is 3.63. The Morgan fingerprint density at radius 3 is 3.00 bits per heavy atom. The minimum atomic E-state index is -0.142. The third-order valence-corrected chi connectivity index (χ3v) is 3.70. The number of nitrogens with zero attached hydrogens (tertiary/aromatic N) is 1. The Kier molecular flexibility index (Phi) is 4.27. The first-order valence-electron chi connectivity index (χ1n) is 6.54. The van der Waals surface area contributed by atoms with E-state index in [1.165, 1.54) is 6.42 Å². The topological polar surface area (TPSA) is 67.6 Å². The van der Waals surface area contributed by atoms with Crippen molar-refractivity contribution >= 4 is 11.6 Å². The normalized spacial score (nSPS) is 19.4. The van der Waals surface area contributed by atoms with E-state index in [-0.39, 0.29) is 5.91 Å². The van der Waals surface area contributed by atoms with Gasteiger partial charge in [-0.25, -0.2) is 0 Å². The number of likely N-dealkylation sites (N-methyl/N-ethyl adjacent to an activating group) is 1. The van der Waals surface area contributed by atoms with Crippen LogP contribution in [-0.4, -0.2) is 44.1 Å². The van der Waals surface area contributed by atoms with Gasteiger partial charge in [-0.15, -0.1) is 0 Å². The highest BCUT2D eigenvalue weighted by Gasteiger charge is 2.22. The summed E-state index contributed by atoms with van der Waals surface area (Å²) in [6, 6.07) is 5.66. The molecular formula is C14H21N3O2. The van der Waals surface area contributed by atoms with Gasteiger partial charge in [0.15, 0.2) is 0 Å². The molecular weight excluding hydrogens is 242 g/mol. The van der Waals surface area contributed by atoms with E-state index in [0.717, 1.165) is 13.0 Å². The number of amides is 1. The predicted molar refractivity (Wildman–Crippen MR) is 75.4 cm³/mol. The van der Waals surface area contributed by atoms with E-state index < -0.39 is 0 Å². The van der Waals surface area contributed by atoms with Gasteiger partial charge in [-0.1, -0.05) is 6.07 Å². The fraction of sp³-hybridized carbons (Fsp3) is 0.500. The van der Waals surface area contributed by atoms with Crippen molar-refractivity contribution in [3.63, 3.8) is 0 Å². The number of hydrogen-bond donors (Lipinski definition) is 2. The van der Waals surface area contributed by atoms with Gasteiger partial charge < -0.3 is 20.7 Å². The molecule has 1 fully saturated rings. The van der Waals surface area contributed by atoms with Crippen LogP contribution >= 0.6 is 0 Å². The zero-order valence-corrected chi connectivity index (χ0v) is 11.5. The number of nitrogens with one attached hydrogen (secondary N) is 1. The SMILES string of the molecule is COc1cccc(C(=O)NCC2CCCN2C)c1N. The van der Waals surface area contributed by atoms with E-state index in [0.29, 0.717) is 29.6 Å². The fourth-order valence-corrected chi connectivity index (χ4v) is 2.46. The predicted octanol–water partition coefficient (Wildman–Crippen LogP) is 1.10. The average molecular weight is 263 g/mol. The third kappa shape index (κ3) is 2.98. The Labute approximate surface area is 113 Å². The number of carbonyl (C=O) groups excluding carboxylic acids is 1. The van der Waals surface area contributed by atoms with Crippen LogP contribution in [0.3, 0.4) is 0 Å². The third-order valence-electron chi connectivity index (χ3n) is 3.70. The number of nitrogens with two attached hydrogens (primary N) is 1. The maximum Gasteiger partial charge on any atom is 0.253 e. The van der Waals surface area contributed by atoms with Crippen molar-refractivity contribution in [3.8, 4) is 5.75 Å². The lowest BCUT2D eigenvalue weighted by Gasteiger charge is -2.20. The van der Waals surface area contributed by atoms with Crippen LogP contribution in [-0.2, 0) is 0 Å². The summed E-state index contributed by atoms with van der Waals surface area (Å²) in [6.45, 7) is 1.76. The van der Waals surface area contributed by atoms with E-state index in [9.17, 15) is 4.79 Å². The lowest BCUT2D eigenvalue weighted by molar-refractivity contribution is 0.0944. The molecule has 2 rings (SSSR count). The van der Waals surface area contributed by atoms with Crippen LogP contribution in [0.15, 0.2) is 18.2 Å². The smallest absolute Gasteiger partial charge is 0.253 e. The maximum atomic E-state index is 12.1. The van der Waals surface area contributed by atoms with Gasteiger partial charge in [-0.2, -0.15) is 0 Å². The summed E-state index contributed by atoms with van der Waals surface area (Å²) in [5.41, 5.74) is 6.77. The Morgan fingerprint density at radius 1 is 1.58 bits per heavy atom. The number of carbonyl (C=O) groups is 1. The molecule has 0 aliphatic carbocycles. The summed E-state index contributed by atoms with van der Waals surface area (Å²) in [5, 5.41) is 2.95. The number of para-hydroxylation sites is 1. The molecule has 3 N–H and O–H groups in total. The van der Waals surface area contributed by atoms with Crippen molar-refractivity contribution in [2.75, 3.05) is 33.0 Å². The Hall–Kier alpha value is -1.75. The van der Waals surface area contributed by atoms with E-state index >= 15 is 0 Å². The molecule has 0 bridgehead atoms. The van der Waals surface area contributed by atoms with Gasteiger partial charge in [0.2, 0.25) is 0 Å². The molecule has 1 aliphatic heterocycles. The lowest BCUT2D eigenvalue weighted by atomic mass is 10.1. The number of methoxy groups -OCH3 is 1. The van der Waals surface area contributed by atoms with Gasteiger partial charge in [-0.05, 0) is 38.6 Å². The number of rotatable bonds is 4. The summed E-state index contributed by atoms with van der Waals surface area (Å²) >= 11 is 0. The number of benzene rings is 1. The lowest BCUT2D eigenvalue weighted by Crippen LogP contribution is -2.38. The number of likely N-dealkylation sites (tertiary alicyclic amines) is 1. The molecule has 104 valence electrons. The van der Waals surface area contributed by atoms with Crippen LogP contribution in [0.1, 0.15) is 23.2 Å². The number of ether oxygens (including phenoxy) is 1. The van der Waals surface area contributed by atoms with E-state index in [1.807, 2.05) is 0 Å². The Balaban J connectivity index is 2.00. The average Bonchev–Trinajstić information content (AvgIpc) is 2.82. The first-order chi connectivity index (χ1) is 9.13. The molecule has 19 heavy (non-hydrogen) atoms. The monoisotopic (exact) mass is 263 g/mol. The highest BCUT2D eigenvalue weighted by Crippen LogP contribution is 2.24. The molecule has 5 heteroatoms. The number of nitrogen functional groups attached to an aromatic ring is 1. The first kappa shape index (κ1) is 13.7. The zero-order chi connectivity index (χ0) is 13.8. The van der Waals surface area contributed by atoms with Crippen molar-refractivity contribution in [2.24, 2.45) is 0 Å². The summed E-state index contributed by atoms with van der Waals surface area (Å²) in [4.78, 5) is 14.4.